The van der Waals surface area contributed by atoms with Crippen LogP contribution in [0, 0.1) is 0 Å². The van der Waals surface area contributed by atoms with Gasteiger partial charge in [0.05, 0.1) is 6.61 Å². The molecular weight excluding hydrogens is 386 g/mol. The zero-order valence-electron chi connectivity index (χ0n) is 16.7. The van der Waals surface area contributed by atoms with E-state index in [1.807, 2.05) is 47.4 Å². The molecule has 0 aliphatic carbocycles. The van der Waals surface area contributed by atoms with Gasteiger partial charge in [-0.25, -0.2) is 0 Å². The summed E-state index contributed by atoms with van der Waals surface area (Å²) >= 11 is 6.12. The van der Waals surface area contributed by atoms with Crippen molar-refractivity contribution in [2.75, 3.05) is 55.7 Å². The topological polar surface area (TPSA) is 36.0 Å². The number of anilines is 2. The molecule has 2 aromatic carbocycles. The van der Waals surface area contributed by atoms with Gasteiger partial charge in [-0.1, -0.05) is 35.9 Å². The maximum atomic E-state index is 12.4. The fourth-order valence-electron chi connectivity index (χ4n) is 4.11. The van der Waals surface area contributed by atoms with E-state index in [4.69, 9.17) is 16.3 Å². The Morgan fingerprint density at radius 3 is 2.52 bits per heavy atom. The van der Waals surface area contributed by atoms with Crippen LogP contribution < -0.4 is 9.80 Å². The molecule has 1 fully saturated rings. The molecule has 0 aromatic heterocycles. The van der Waals surface area contributed by atoms with Crippen molar-refractivity contribution >= 4 is 28.9 Å². The number of carbonyl (C=O) groups is 1. The first-order chi connectivity index (χ1) is 14.2. The van der Waals surface area contributed by atoms with Crippen LogP contribution in [-0.2, 0) is 16.1 Å². The van der Waals surface area contributed by atoms with Gasteiger partial charge in [-0.05, 0) is 43.7 Å². The van der Waals surface area contributed by atoms with Gasteiger partial charge in [-0.2, -0.15) is 0 Å². The van der Waals surface area contributed by atoms with E-state index in [1.165, 1.54) is 5.69 Å². The van der Waals surface area contributed by atoms with Gasteiger partial charge in [-0.15, -0.1) is 0 Å². The summed E-state index contributed by atoms with van der Waals surface area (Å²) in [5.41, 5.74) is 3.30. The van der Waals surface area contributed by atoms with Gasteiger partial charge in [0.15, 0.2) is 0 Å². The first kappa shape index (κ1) is 20.2. The lowest BCUT2D eigenvalue weighted by Gasteiger charge is -2.36. The molecular formula is C23H28ClN3O2. The number of carbonyl (C=O) groups excluding carboxylic acids is 1. The van der Waals surface area contributed by atoms with Crippen molar-refractivity contribution in [3.8, 4) is 0 Å². The molecule has 0 atom stereocenters. The molecule has 2 heterocycles. The van der Waals surface area contributed by atoms with Crippen molar-refractivity contribution in [2.45, 2.75) is 19.4 Å². The molecule has 0 unspecified atom stereocenters. The smallest absolute Gasteiger partial charge is 0.252 e. The lowest BCUT2D eigenvalue weighted by molar-refractivity contribution is -0.123. The number of unbranched alkanes of at least 4 members (excludes halogenated alkanes) is 1. The number of fused-ring (bicyclic) bond motifs is 1. The maximum absolute atomic E-state index is 12.4. The van der Waals surface area contributed by atoms with E-state index in [2.05, 4.69) is 15.9 Å². The predicted octanol–water partition coefficient (Wildman–Crippen LogP) is 3.81. The van der Waals surface area contributed by atoms with E-state index in [1.54, 1.807) is 0 Å². The third-order valence-electron chi connectivity index (χ3n) is 5.72. The average Bonchev–Trinajstić information content (AvgIpc) is 2.90. The fourth-order valence-corrected chi connectivity index (χ4v) is 4.29. The highest BCUT2D eigenvalue weighted by atomic mass is 35.5. The maximum Gasteiger partial charge on any atom is 0.252 e. The molecule has 1 amide bonds. The molecule has 6 heteroatoms. The SMILES string of the molecule is O=C1COCc2ccccc2N1CCCCN1CCN(c2cccc(Cl)c2)CC1. The van der Waals surface area contributed by atoms with Crippen LogP contribution in [0.4, 0.5) is 11.4 Å². The van der Waals surface area contributed by atoms with Crippen LogP contribution in [0.3, 0.4) is 0 Å². The number of halogens is 1. The molecule has 4 rings (SSSR count). The number of ether oxygens (including phenoxy) is 1. The van der Waals surface area contributed by atoms with Crippen LogP contribution in [-0.4, -0.2) is 56.7 Å². The summed E-state index contributed by atoms with van der Waals surface area (Å²) < 4.78 is 5.51. The number of benzene rings is 2. The molecule has 0 radical (unpaired) electrons. The Morgan fingerprint density at radius 1 is 0.897 bits per heavy atom. The minimum absolute atomic E-state index is 0.0603. The van der Waals surface area contributed by atoms with Gasteiger partial charge in [0.25, 0.3) is 5.91 Å². The molecule has 154 valence electrons. The summed E-state index contributed by atoms with van der Waals surface area (Å²) in [5.74, 6) is 0.0603. The fraction of sp³-hybridized carbons (Fsp3) is 0.435. The van der Waals surface area contributed by atoms with Crippen LogP contribution in [0.15, 0.2) is 48.5 Å². The molecule has 1 saturated heterocycles. The Hall–Kier alpha value is -2.08. The summed E-state index contributed by atoms with van der Waals surface area (Å²) in [5, 5.41) is 0.792. The lowest BCUT2D eigenvalue weighted by atomic mass is 10.1. The molecule has 2 aliphatic heterocycles. The van der Waals surface area contributed by atoms with Crippen LogP contribution in [0.25, 0.3) is 0 Å². The van der Waals surface area contributed by atoms with Crippen LogP contribution in [0.5, 0.6) is 0 Å². The Labute approximate surface area is 177 Å². The van der Waals surface area contributed by atoms with Gasteiger partial charge in [-0.3, -0.25) is 9.69 Å². The van der Waals surface area contributed by atoms with Crippen molar-refractivity contribution in [3.63, 3.8) is 0 Å². The Bertz CT molecular complexity index is 836. The van der Waals surface area contributed by atoms with Crippen molar-refractivity contribution in [1.29, 1.82) is 0 Å². The normalized spacial score (nSPS) is 17.9. The van der Waals surface area contributed by atoms with Gasteiger partial charge in [0.1, 0.15) is 6.61 Å². The number of piperazine rings is 1. The first-order valence-electron chi connectivity index (χ1n) is 10.4. The highest BCUT2D eigenvalue weighted by Gasteiger charge is 2.22. The number of nitrogens with zero attached hydrogens (tertiary/aromatic N) is 3. The van der Waals surface area contributed by atoms with E-state index in [9.17, 15) is 4.79 Å². The third kappa shape index (κ3) is 5.10. The van der Waals surface area contributed by atoms with Crippen molar-refractivity contribution in [2.24, 2.45) is 0 Å². The Balaban J connectivity index is 1.23. The summed E-state index contributed by atoms with van der Waals surface area (Å²) in [6.07, 6.45) is 2.08. The zero-order chi connectivity index (χ0) is 20.1. The second-order valence-corrected chi connectivity index (χ2v) is 8.12. The summed E-state index contributed by atoms with van der Waals surface area (Å²) in [6, 6.07) is 16.1. The third-order valence-corrected chi connectivity index (χ3v) is 5.95. The molecule has 0 spiro atoms. The van der Waals surface area contributed by atoms with Crippen LogP contribution in [0.2, 0.25) is 5.02 Å². The average molecular weight is 414 g/mol. The summed E-state index contributed by atoms with van der Waals surface area (Å²) in [6.45, 7) is 6.67. The second kappa shape index (κ2) is 9.61. The van der Waals surface area contributed by atoms with Crippen molar-refractivity contribution < 1.29 is 9.53 Å². The van der Waals surface area contributed by atoms with Gasteiger partial charge >= 0.3 is 0 Å². The number of rotatable bonds is 6. The zero-order valence-corrected chi connectivity index (χ0v) is 17.5. The molecule has 0 bridgehead atoms. The monoisotopic (exact) mass is 413 g/mol. The van der Waals surface area contributed by atoms with E-state index < -0.39 is 0 Å². The van der Waals surface area contributed by atoms with E-state index in [-0.39, 0.29) is 12.5 Å². The first-order valence-corrected chi connectivity index (χ1v) is 10.8. The molecule has 0 N–H and O–H groups in total. The summed E-state index contributed by atoms with van der Waals surface area (Å²) in [4.78, 5) is 19.3. The molecule has 0 saturated carbocycles. The molecule has 29 heavy (non-hydrogen) atoms. The van der Waals surface area contributed by atoms with E-state index >= 15 is 0 Å². The van der Waals surface area contributed by atoms with Crippen LogP contribution >= 0.6 is 11.6 Å². The van der Waals surface area contributed by atoms with E-state index in [0.29, 0.717) is 6.61 Å². The second-order valence-electron chi connectivity index (χ2n) is 7.68. The Kier molecular flexibility index (Phi) is 6.70. The predicted molar refractivity (Wildman–Crippen MR) is 118 cm³/mol. The minimum Gasteiger partial charge on any atom is -0.369 e. The number of para-hydroxylation sites is 1. The number of amides is 1. The van der Waals surface area contributed by atoms with Crippen LogP contribution in [0.1, 0.15) is 18.4 Å². The van der Waals surface area contributed by atoms with Crippen molar-refractivity contribution in [1.82, 2.24) is 4.90 Å². The van der Waals surface area contributed by atoms with Gasteiger partial charge in [0.2, 0.25) is 0 Å². The lowest BCUT2D eigenvalue weighted by Crippen LogP contribution is -2.46. The Morgan fingerprint density at radius 2 is 1.69 bits per heavy atom. The van der Waals surface area contributed by atoms with Gasteiger partial charge in [0, 0.05) is 54.7 Å². The number of hydrogen-bond donors (Lipinski definition) is 0. The molecule has 2 aromatic rings. The highest BCUT2D eigenvalue weighted by Crippen LogP contribution is 2.25. The molecule has 5 nitrogen and oxygen atoms in total. The minimum atomic E-state index is 0.0603. The standard InChI is InChI=1S/C23H28ClN3O2/c24-20-7-5-8-21(16-20)26-14-12-25(13-15-26)10-3-4-11-27-22-9-2-1-6-19(22)17-29-18-23(27)28/h1-2,5-9,16H,3-4,10-15,17-18H2. The summed E-state index contributed by atoms with van der Waals surface area (Å²) in [7, 11) is 0. The van der Waals surface area contributed by atoms with E-state index in [0.717, 1.165) is 68.4 Å². The highest BCUT2D eigenvalue weighted by molar-refractivity contribution is 6.30. The number of hydrogen-bond acceptors (Lipinski definition) is 4. The molecule has 2 aliphatic rings. The largest absolute Gasteiger partial charge is 0.369 e. The van der Waals surface area contributed by atoms with Gasteiger partial charge < -0.3 is 14.5 Å². The quantitative estimate of drug-likeness (QED) is 0.675. The van der Waals surface area contributed by atoms with Crippen molar-refractivity contribution in [3.05, 3.63) is 59.1 Å².